The SMILES string of the molecule is O=C(C=Cc1ccn(S(=O)(=O)c2cccc(-c3ccc(CCN4CCOCC4)cc3)c2)c1)NOC1CCCCO1. The molecule has 10 heteroatoms. The third-order valence-corrected chi connectivity index (χ3v) is 8.70. The molecule has 40 heavy (non-hydrogen) atoms. The smallest absolute Gasteiger partial charge is 0.267 e. The molecular weight excluding hydrogens is 530 g/mol. The number of hydrogen-bond donors (Lipinski definition) is 1. The highest BCUT2D eigenvalue weighted by Crippen LogP contribution is 2.25. The molecule has 2 saturated heterocycles. The average molecular weight is 566 g/mol. The van der Waals surface area contributed by atoms with Crippen LogP contribution in [-0.4, -0.2) is 68.9 Å². The van der Waals surface area contributed by atoms with Crippen LogP contribution in [0.5, 0.6) is 0 Å². The van der Waals surface area contributed by atoms with E-state index in [1.165, 1.54) is 30.1 Å². The third-order valence-electron chi connectivity index (χ3n) is 7.06. The number of rotatable bonds is 10. The van der Waals surface area contributed by atoms with Gasteiger partial charge in [0.25, 0.3) is 15.9 Å². The van der Waals surface area contributed by atoms with Crippen LogP contribution in [0.1, 0.15) is 30.4 Å². The fourth-order valence-electron chi connectivity index (χ4n) is 4.71. The summed E-state index contributed by atoms with van der Waals surface area (Å²) in [5.74, 6) is -0.454. The van der Waals surface area contributed by atoms with E-state index in [0.29, 0.717) is 12.2 Å². The van der Waals surface area contributed by atoms with Crippen molar-refractivity contribution in [3.8, 4) is 11.1 Å². The van der Waals surface area contributed by atoms with Gasteiger partial charge in [-0.25, -0.2) is 22.7 Å². The number of hydroxylamine groups is 1. The average Bonchev–Trinajstić information content (AvgIpc) is 3.50. The maximum Gasteiger partial charge on any atom is 0.267 e. The molecule has 1 N–H and O–H groups in total. The van der Waals surface area contributed by atoms with Gasteiger partial charge in [-0.1, -0.05) is 36.4 Å². The molecular formula is C30H35N3O6S. The number of benzene rings is 2. The fraction of sp³-hybridized carbons (Fsp3) is 0.367. The number of ether oxygens (including phenoxy) is 2. The van der Waals surface area contributed by atoms with E-state index in [4.69, 9.17) is 14.3 Å². The van der Waals surface area contributed by atoms with E-state index in [1.807, 2.05) is 18.2 Å². The summed E-state index contributed by atoms with van der Waals surface area (Å²) < 4.78 is 38.7. The van der Waals surface area contributed by atoms with Gasteiger partial charge in [-0.15, -0.1) is 0 Å². The summed E-state index contributed by atoms with van der Waals surface area (Å²) in [7, 11) is -3.82. The van der Waals surface area contributed by atoms with Gasteiger partial charge in [0.05, 0.1) is 18.1 Å². The highest BCUT2D eigenvalue weighted by atomic mass is 32.2. The van der Waals surface area contributed by atoms with Gasteiger partial charge in [-0.05, 0) is 65.8 Å². The normalized spacial score (nSPS) is 18.6. The zero-order chi connectivity index (χ0) is 27.8. The molecule has 5 rings (SSSR count). The number of nitrogens with one attached hydrogen (secondary N) is 1. The molecule has 0 saturated carbocycles. The quantitative estimate of drug-likeness (QED) is 0.295. The van der Waals surface area contributed by atoms with Gasteiger partial charge >= 0.3 is 0 Å². The Hall–Kier alpha value is -3.28. The Morgan fingerprint density at radius 2 is 1.85 bits per heavy atom. The fourth-order valence-corrected chi connectivity index (χ4v) is 5.96. The van der Waals surface area contributed by atoms with Crippen molar-refractivity contribution in [3.05, 3.63) is 84.2 Å². The van der Waals surface area contributed by atoms with Crippen molar-refractivity contribution < 1.29 is 27.5 Å². The highest BCUT2D eigenvalue weighted by molar-refractivity contribution is 7.90. The number of carbonyl (C=O) groups excluding carboxylic acids is 1. The van der Waals surface area contributed by atoms with Gasteiger partial charge in [0, 0.05) is 51.1 Å². The molecule has 2 aromatic carbocycles. The van der Waals surface area contributed by atoms with E-state index in [0.717, 1.165) is 73.6 Å². The maximum absolute atomic E-state index is 13.3. The molecule has 1 atom stereocenters. The van der Waals surface area contributed by atoms with E-state index < -0.39 is 22.2 Å². The second kappa shape index (κ2) is 13.4. The molecule has 0 bridgehead atoms. The molecule has 1 unspecified atom stereocenters. The largest absolute Gasteiger partial charge is 0.379 e. The number of morpholine rings is 1. The number of amides is 1. The van der Waals surface area contributed by atoms with Crippen molar-refractivity contribution in [2.45, 2.75) is 36.9 Å². The van der Waals surface area contributed by atoms with Gasteiger partial charge < -0.3 is 9.47 Å². The van der Waals surface area contributed by atoms with Crippen molar-refractivity contribution in [1.29, 1.82) is 0 Å². The number of aromatic nitrogens is 1. The third kappa shape index (κ3) is 7.47. The second-order valence-electron chi connectivity index (χ2n) is 9.92. The molecule has 0 spiro atoms. The summed E-state index contributed by atoms with van der Waals surface area (Å²) >= 11 is 0. The van der Waals surface area contributed by atoms with Crippen molar-refractivity contribution in [2.24, 2.45) is 0 Å². The second-order valence-corrected chi connectivity index (χ2v) is 11.8. The lowest BCUT2D eigenvalue weighted by Crippen LogP contribution is -2.37. The van der Waals surface area contributed by atoms with E-state index in [1.54, 1.807) is 24.3 Å². The summed E-state index contributed by atoms with van der Waals surface area (Å²) in [6, 6.07) is 16.8. The van der Waals surface area contributed by atoms with Gasteiger partial charge in [0.1, 0.15) is 0 Å². The number of nitrogens with zero attached hydrogens (tertiary/aromatic N) is 2. The zero-order valence-corrected chi connectivity index (χ0v) is 23.2. The topological polar surface area (TPSA) is 99.1 Å². The Kier molecular flexibility index (Phi) is 9.45. The van der Waals surface area contributed by atoms with Crippen LogP contribution in [0.3, 0.4) is 0 Å². The van der Waals surface area contributed by atoms with Crippen LogP contribution in [0.15, 0.2) is 78.0 Å². The minimum Gasteiger partial charge on any atom is -0.379 e. The lowest BCUT2D eigenvalue weighted by Gasteiger charge is -2.26. The molecule has 3 aromatic rings. The lowest BCUT2D eigenvalue weighted by atomic mass is 10.0. The Labute approximate surface area is 235 Å². The summed E-state index contributed by atoms with van der Waals surface area (Å²) in [4.78, 5) is 19.9. The van der Waals surface area contributed by atoms with E-state index in [2.05, 4.69) is 22.5 Å². The first-order chi connectivity index (χ1) is 19.5. The first-order valence-corrected chi connectivity index (χ1v) is 15.1. The Morgan fingerprint density at radius 1 is 1.02 bits per heavy atom. The molecule has 0 radical (unpaired) electrons. The van der Waals surface area contributed by atoms with Gasteiger partial charge in [-0.2, -0.15) is 0 Å². The molecule has 1 amide bonds. The van der Waals surface area contributed by atoms with Crippen molar-refractivity contribution in [2.75, 3.05) is 39.5 Å². The first kappa shape index (κ1) is 28.3. The van der Waals surface area contributed by atoms with E-state index in [-0.39, 0.29) is 4.90 Å². The molecule has 1 aromatic heterocycles. The monoisotopic (exact) mass is 565 g/mol. The van der Waals surface area contributed by atoms with Crippen LogP contribution in [0.2, 0.25) is 0 Å². The standard InChI is InChI=1S/C30H35N3O6S/c34-29(31-39-30-6-1-2-19-38-30)12-9-25-14-16-33(23-25)40(35,36)28-5-3-4-27(22-28)26-10-7-24(8-11-26)13-15-32-17-20-37-21-18-32/h3-5,7-12,14,16,22-23,30H,1-2,6,13,15,17-21H2,(H,31,34). The minimum absolute atomic E-state index is 0.186. The van der Waals surface area contributed by atoms with Gasteiger partial charge in [0.2, 0.25) is 0 Å². The summed E-state index contributed by atoms with van der Waals surface area (Å²) in [6.45, 7) is 5.14. The van der Waals surface area contributed by atoms with Crippen LogP contribution in [0.4, 0.5) is 0 Å². The predicted octanol–water partition coefficient (Wildman–Crippen LogP) is 3.85. The molecule has 2 aliphatic heterocycles. The molecule has 2 aliphatic rings. The van der Waals surface area contributed by atoms with Crippen LogP contribution in [0, 0.1) is 0 Å². The molecule has 2 fully saturated rings. The number of hydrogen-bond acceptors (Lipinski definition) is 7. The highest BCUT2D eigenvalue weighted by Gasteiger charge is 2.18. The van der Waals surface area contributed by atoms with Crippen LogP contribution in [-0.2, 0) is 35.5 Å². The summed E-state index contributed by atoms with van der Waals surface area (Å²) in [5, 5.41) is 0. The van der Waals surface area contributed by atoms with Gasteiger partial charge in [0.15, 0.2) is 6.29 Å². The molecule has 212 valence electrons. The zero-order valence-electron chi connectivity index (χ0n) is 22.4. The van der Waals surface area contributed by atoms with Crippen LogP contribution < -0.4 is 5.48 Å². The van der Waals surface area contributed by atoms with E-state index >= 15 is 0 Å². The minimum atomic E-state index is -3.82. The van der Waals surface area contributed by atoms with E-state index in [9.17, 15) is 13.2 Å². The predicted molar refractivity (Wildman–Crippen MR) is 152 cm³/mol. The molecule has 0 aliphatic carbocycles. The van der Waals surface area contributed by atoms with Gasteiger partial charge in [-0.3, -0.25) is 9.69 Å². The molecule has 3 heterocycles. The Bertz CT molecular complexity index is 1410. The van der Waals surface area contributed by atoms with Crippen LogP contribution in [0.25, 0.3) is 17.2 Å². The molecule has 9 nitrogen and oxygen atoms in total. The Morgan fingerprint density at radius 3 is 2.62 bits per heavy atom. The summed E-state index contributed by atoms with van der Waals surface area (Å²) in [6.07, 6.45) is 8.99. The first-order valence-electron chi connectivity index (χ1n) is 13.7. The van der Waals surface area contributed by atoms with Crippen molar-refractivity contribution in [3.63, 3.8) is 0 Å². The maximum atomic E-state index is 13.3. The lowest BCUT2D eigenvalue weighted by molar-refractivity contribution is -0.198. The van der Waals surface area contributed by atoms with Crippen LogP contribution >= 0.6 is 0 Å². The Balaban J connectivity index is 1.20. The van der Waals surface area contributed by atoms with Crippen molar-refractivity contribution in [1.82, 2.24) is 14.4 Å². The van der Waals surface area contributed by atoms with Crippen molar-refractivity contribution >= 4 is 22.0 Å². The summed E-state index contributed by atoms with van der Waals surface area (Å²) in [5.41, 5.74) is 5.94. The number of carbonyl (C=O) groups is 1.